The second-order valence-electron chi connectivity index (χ2n) is 15.3. The molecule has 0 atom stereocenters. The molecule has 58 heavy (non-hydrogen) atoms. The lowest BCUT2D eigenvalue weighted by molar-refractivity contribution is 0.656. The van der Waals surface area contributed by atoms with Gasteiger partial charge < -0.3 is 18.0 Å². The van der Waals surface area contributed by atoms with Crippen molar-refractivity contribution in [1.29, 1.82) is 0 Å². The summed E-state index contributed by atoms with van der Waals surface area (Å²) >= 11 is 0. The molecule has 0 bridgehead atoms. The zero-order valence-electron chi connectivity index (χ0n) is 31.2. The predicted molar refractivity (Wildman–Crippen MR) is 241 cm³/mol. The van der Waals surface area contributed by atoms with Gasteiger partial charge in [-0.05, 0) is 113 Å². The zero-order valence-corrected chi connectivity index (χ0v) is 31.2. The molecule has 13 rings (SSSR count). The topological polar surface area (TPSA) is 36.1 Å². The molecule has 0 fully saturated rings. The van der Waals surface area contributed by atoms with Crippen molar-refractivity contribution in [2.75, 3.05) is 0 Å². The molecule has 270 valence electrons. The van der Waals surface area contributed by atoms with E-state index in [0.29, 0.717) is 0 Å². The minimum Gasteiger partial charge on any atom is -0.456 e. The Hall–Kier alpha value is -7.82. The molecule has 0 N–H and O–H groups in total. The van der Waals surface area contributed by atoms with Crippen molar-refractivity contribution in [3.05, 3.63) is 194 Å². The van der Waals surface area contributed by atoms with Gasteiger partial charge in [-0.25, -0.2) is 0 Å². The minimum atomic E-state index is 0.820. The van der Waals surface area contributed by atoms with Gasteiger partial charge in [0.15, 0.2) is 0 Å². The number of benzene rings is 9. The van der Waals surface area contributed by atoms with E-state index in [4.69, 9.17) is 8.83 Å². The molecule has 0 aliphatic rings. The summed E-state index contributed by atoms with van der Waals surface area (Å²) in [5.41, 5.74) is 15.0. The normalized spacial score (nSPS) is 12.1. The maximum absolute atomic E-state index is 6.58. The van der Waals surface area contributed by atoms with E-state index in [0.717, 1.165) is 77.5 Å². The van der Waals surface area contributed by atoms with Gasteiger partial charge in [-0.15, -0.1) is 0 Å². The van der Waals surface area contributed by atoms with Gasteiger partial charge in [-0.3, -0.25) is 0 Å². The van der Waals surface area contributed by atoms with Crippen LogP contribution in [0.2, 0.25) is 0 Å². The number of furan rings is 2. The lowest BCUT2D eigenvalue weighted by Gasteiger charge is -2.08. The minimum absolute atomic E-state index is 0.820. The fourth-order valence-electron chi connectivity index (χ4n) is 9.42. The SMILES string of the molecule is c1ccc(-n2c3ccccc3c3cc(-c4ccc5c(c4)oc4cc6oc7cc(-c8ccc9c(c8)c8ccccc8n9-c8ccccc8)ccc7c6cc45)ccc32)cc1. The largest absolute Gasteiger partial charge is 0.456 e. The molecule has 9 aromatic carbocycles. The van der Waals surface area contributed by atoms with Crippen molar-refractivity contribution in [2.45, 2.75) is 0 Å². The molecule has 0 spiro atoms. The van der Waals surface area contributed by atoms with Crippen LogP contribution in [0.25, 0.3) is 121 Å². The standard InChI is InChI=1S/C54H32N2O2/c1-3-11-37(12-4-1)55-47-17-9-7-15-39(47)43-27-33(21-25-49(43)55)35-19-23-41-45-31-46-42-24-20-36(30-52(42)58-54(46)32-53(45)57-51(41)29-35)34-22-26-50-44(28-34)40-16-8-10-18-48(40)56(50)38-13-5-2-6-14-38/h1-32H. The Balaban J connectivity index is 0.888. The number of aromatic nitrogens is 2. The van der Waals surface area contributed by atoms with Crippen LogP contribution in [0.5, 0.6) is 0 Å². The highest BCUT2D eigenvalue weighted by Crippen LogP contribution is 2.41. The maximum atomic E-state index is 6.58. The molecule has 4 heteroatoms. The van der Waals surface area contributed by atoms with Gasteiger partial charge in [0.2, 0.25) is 0 Å². The molecule has 4 heterocycles. The molecule has 0 aliphatic carbocycles. The fraction of sp³-hybridized carbons (Fsp3) is 0. The van der Waals surface area contributed by atoms with Gasteiger partial charge in [0.1, 0.15) is 22.3 Å². The Kier molecular flexibility index (Phi) is 6.41. The zero-order chi connectivity index (χ0) is 37.9. The highest BCUT2D eigenvalue weighted by atomic mass is 16.3. The summed E-state index contributed by atoms with van der Waals surface area (Å²) in [5, 5.41) is 9.30. The second-order valence-corrected chi connectivity index (χ2v) is 15.3. The lowest BCUT2D eigenvalue weighted by atomic mass is 10.00. The molecule has 0 radical (unpaired) electrons. The van der Waals surface area contributed by atoms with Gasteiger partial charge in [0.05, 0.1) is 22.1 Å². The summed E-state index contributed by atoms with van der Waals surface area (Å²) in [4.78, 5) is 0. The molecule has 4 nitrogen and oxygen atoms in total. The van der Waals surface area contributed by atoms with Crippen LogP contribution >= 0.6 is 0 Å². The Morgan fingerprint density at radius 1 is 0.241 bits per heavy atom. The molecule has 0 saturated carbocycles. The van der Waals surface area contributed by atoms with Gasteiger partial charge in [-0.1, -0.05) is 97.1 Å². The van der Waals surface area contributed by atoms with E-state index in [1.807, 2.05) is 0 Å². The number of fused-ring (bicyclic) bond motifs is 12. The molecule has 13 aromatic rings. The van der Waals surface area contributed by atoms with E-state index >= 15 is 0 Å². The first-order chi connectivity index (χ1) is 28.7. The molecule has 0 unspecified atom stereocenters. The van der Waals surface area contributed by atoms with E-state index in [9.17, 15) is 0 Å². The van der Waals surface area contributed by atoms with Crippen molar-refractivity contribution in [3.63, 3.8) is 0 Å². The van der Waals surface area contributed by atoms with Gasteiger partial charge in [0.25, 0.3) is 0 Å². The Labute approximate surface area is 332 Å². The van der Waals surface area contributed by atoms with Crippen LogP contribution in [-0.4, -0.2) is 9.13 Å². The summed E-state index contributed by atoms with van der Waals surface area (Å²) in [6.45, 7) is 0. The van der Waals surface area contributed by atoms with E-state index in [-0.39, 0.29) is 0 Å². The average Bonchev–Trinajstić information content (AvgIpc) is 4.02. The number of para-hydroxylation sites is 4. The number of hydrogen-bond donors (Lipinski definition) is 0. The monoisotopic (exact) mass is 740 g/mol. The first kappa shape index (κ1) is 31.4. The average molecular weight is 741 g/mol. The van der Waals surface area contributed by atoms with E-state index in [1.165, 1.54) is 43.6 Å². The second kappa shape index (κ2) is 11.8. The van der Waals surface area contributed by atoms with Gasteiger partial charge in [0, 0.05) is 60.5 Å². The van der Waals surface area contributed by atoms with Crippen LogP contribution in [-0.2, 0) is 0 Å². The molecule has 0 saturated heterocycles. The summed E-state index contributed by atoms with van der Waals surface area (Å²) < 4.78 is 17.9. The quantitative estimate of drug-likeness (QED) is 0.180. The summed E-state index contributed by atoms with van der Waals surface area (Å²) in [5.74, 6) is 0. The van der Waals surface area contributed by atoms with Crippen LogP contribution in [0.3, 0.4) is 0 Å². The Morgan fingerprint density at radius 2 is 0.621 bits per heavy atom. The molecular weight excluding hydrogens is 709 g/mol. The molecule has 0 aliphatic heterocycles. The van der Waals surface area contributed by atoms with Crippen molar-refractivity contribution in [1.82, 2.24) is 9.13 Å². The van der Waals surface area contributed by atoms with Crippen molar-refractivity contribution in [2.24, 2.45) is 0 Å². The summed E-state index contributed by atoms with van der Waals surface area (Å²) in [6, 6.07) is 69.5. The van der Waals surface area contributed by atoms with Crippen LogP contribution in [0, 0.1) is 0 Å². The molecule has 4 aromatic heterocycles. The van der Waals surface area contributed by atoms with E-state index in [1.54, 1.807) is 0 Å². The third kappa shape index (κ3) is 4.51. The Bertz CT molecular complexity index is 3540. The third-order valence-electron chi connectivity index (χ3n) is 12.1. The van der Waals surface area contributed by atoms with E-state index < -0.39 is 0 Å². The van der Waals surface area contributed by atoms with Gasteiger partial charge >= 0.3 is 0 Å². The summed E-state index contributed by atoms with van der Waals surface area (Å²) in [7, 11) is 0. The maximum Gasteiger partial charge on any atom is 0.139 e. The molecule has 0 amide bonds. The lowest BCUT2D eigenvalue weighted by Crippen LogP contribution is -1.92. The third-order valence-corrected chi connectivity index (χ3v) is 12.1. The van der Waals surface area contributed by atoms with Crippen molar-refractivity contribution in [3.8, 4) is 33.6 Å². The summed E-state index contributed by atoms with van der Waals surface area (Å²) in [6.07, 6.45) is 0. The van der Waals surface area contributed by atoms with Crippen LogP contribution < -0.4 is 0 Å². The smallest absolute Gasteiger partial charge is 0.139 e. The number of hydrogen-bond acceptors (Lipinski definition) is 2. The van der Waals surface area contributed by atoms with Gasteiger partial charge in [-0.2, -0.15) is 0 Å². The first-order valence-electron chi connectivity index (χ1n) is 19.7. The molecular formula is C54H32N2O2. The van der Waals surface area contributed by atoms with Crippen molar-refractivity contribution < 1.29 is 8.83 Å². The van der Waals surface area contributed by atoms with Crippen LogP contribution in [0.15, 0.2) is 203 Å². The first-order valence-corrected chi connectivity index (χ1v) is 19.7. The number of nitrogens with zero attached hydrogens (tertiary/aromatic N) is 2. The van der Waals surface area contributed by atoms with Crippen LogP contribution in [0.1, 0.15) is 0 Å². The Morgan fingerprint density at radius 3 is 1.10 bits per heavy atom. The van der Waals surface area contributed by atoms with Crippen LogP contribution in [0.4, 0.5) is 0 Å². The number of rotatable bonds is 4. The predicted octanol–water partition coefficient (Wildman–Crippen LogP) is 15.0. The van der Waals surface area contributed by atoms with E-state index in [2.05, 4.69) is 203 Å². The highest BCUT2D eigenvalue weighted by molar-refractivity contribution is 6.17. The van der Waals surface area contributed by atoms with Crippen molar-refractivity contribution >= 4 is 87.5 Å². The highest BCUT2D eigenvalue weighted by Gasteiger charge is 2.18. The fourth-order valence-corrected chi connectivity index (χ4v) is 9.42.